The molecule has 0 spiro atoms. The lowest BCUT2D eigenvalue weighted by atomic mass is 10.3. The van der Waals surface area contributed by atoms with Crippen molar-refractivity contribution in [1.29, 1.82) is 0 Å². The van der Waals surface area contributed by atoms with Crippen molar-refractivity contribution in [1.82, 2.24) is 19.7 Å². The van der Waals surface area contributed by atoms with Crippen LogP contribution in [0.2, 0.25) is 0 Å². The highest BCUT2D eigenvalue weighted by Gasteiger charge is 2.23. The summed E-state index contributed by atoms with van der Waals surface area (Å²) in [6.45, 7) is 5.02. The molecule has 0 radical (unpaired) electrons. The molecule has 0 atom stereocenters. The fourth-order valence-corrected chi connectivity index (χ4v) is 2.06. The quantitative estimate of drug-likeness (QED) is 0.739. The predicted octanol–water partition coefficient (Wildman–Crippen LogP) is 0.212. The van der Waals surface area contributed by atoms with Crippen LogP contribution >= 0.6 is 11.5 Å². The second kappa shape index (κ2) is 5.06. The number of aromatic nitrogens is 3. The minimum atomic E-state index is -0.238. The summed E-state index contributed by atoms with van der Waals surface area (Å²) in [6, 6.07) is 0. The molecule has 1 amide bonds. The van der Waals surface area contributed by atoms with Crippen LogP contribution in [0, 0.1) is 0 Å². The molecular weight excluding hydrogens is 230 g/mol. The first-order valence-electron chi connectivity index (χ1n) is 5.13. The molecule has 8 heteroatoms. The number of anilines is 1. The number of carbonyl (C=O) groups excluding carboxylic acids is 1. The standard InChI is InChI=1S/C8H13N5O2S/c1-2-15-8(14)13-5-3-12(4-6-13)7-9-10-11-16-7/h2-6H2,1H3. The molecule has 1 aliphatic rings. The van der Waals surface area contributed by atoms with Gasteiger partial charge in [-0.25, -0.2) is 4.79 Å². The van der Waals surface area contributed by atoms with Crippen LogP contribution in [0.15, 0.2) is 0 Å². The van der Waals surface area contributed by atoms with Gasteiger partial charge in [0.2, 0.25) is 5.13 Å². The fourth-order valence-electron chi connectivity index (χ4n) is 1.55. The number of nitrogens with zero attached hydrogens (tertiary/aromatic N) is 5. The summed E-state index contributed by atoms with van der Waals surface area (Å²) in [5, 5.41) is 8.26. The number of amides is 1. The molecule has 16 heavy (non-hydrogen) atoms. The molecule has 1 aliphatic heterocycles. The van der Waals surface area contributed by atoms with Crippen molar-refractivity contribution in [2.75, 3.05) is 37.7 Å². The molecule has 0 bridgehead atoms. The molecule has 88 valence electrons. The van der Waals surface area contributed by atoms with Crippen molar-refractivity contribution >= 4 is 22.8 Å². The van der Waals surface area contributed by atoms with Gasteiger partial charge in [-0.1, -0.05) is 9.59 Å². The van der Waals surface area contributed by atoms with E-state index in [2.05, 4.69) is 19.7 Å². The summed E-state index contributed by atoms with van der Waals surface area (Å²) in [6.07, 6.45) is -0.238. The third-order valence-corrected chi connectivity index (χ3v) is 3.02. The van der Waals surface area contributed by atoms with E-state index in [1.807, 2.05) is 0 Å². The van der Waals surface area contributed by atoms with E-state index in [4.69, 9.17) is 4.74 Å². The largest absolute Gasteiger partial charge is 0.450 e. The number of rotatable bonds is 2. The molecule has 0 saturated carbocycles. The maximum absolute atomic E-state index is 11.4. The van der Waals surface area contributed by atoms with Crippen molar-refractivity contribution in [2.45, 2.75) is 6.92 Å². The Morgan fingerprint density at radius 2 is 2.19 bits per heavy atom. The van der Waals surface area contributed by atoms with E-state index in [0.29, 0.717) is 19.7 Å². The minimum absolute atomic E-state index is 0.238. The molecule has 1 aromatic rings. The van der Waals surface area contributed by atoms with Gasteiger partial charge in [0.1, 0.15) is 0 Å². The second-order valence-corrected chi connectivity index (χ2v) is 4.03. The van der Waals surface area contributed by atoms with Gasteiger partial charge in [0.15, 0.2) is 0 Å². The van der Waals surface area contributed by atoms with E-state index in [-0.39, 0.29) is 6.09 Å². The number of ether oxygens (including phenoxy) is 1. The van der Waals surface area contributed by atoms with E-state index >= 15 is 0 Å². The van der Waals surface area contributed by atoms with Gasteiger partial charge in [-0.2, -0.15) is 0 Å². The van der Waals surface area contributed by atoms with Gasteiger partial charge in [0, 0.05) is 37.7 Å². The Kier molecular flexibility index (Phi) is 3.50. The molecule has 0 aromatic carbocycles. The molecule has 0 aliphatic carbocycles. The number of hydrogen-bond donors (Lipinski definition) is 0. The molecule has 1 fully saturated rings. The van der Waals surface area contributed by atoms with Crippen molar-refractivity contribution in [3.05, 3.63) is 0 Å². The van der Waals surface area contributed by atoms with Gasteiger partial charge in [-0.3, -0.25) is 0 Å². The molecular formula is C8H13N5O2S. The van der Waals surface area contributed by atoms with Crippen molar-refractivity contribution in [2.24, 2.45) is 0 Å². The normalized spacial score (nSPS) is 16.3. The number of piperazine rings is 1. The molecule has 1 aromatic heterocycles. The zero-order valence-electron chi connectivity index (χ0n) is 9.00. The first-order valence-corrected chi connectivity index (χ1v) is 5.90. The third-order valence-electron chi connectivity index (χ3n) is 2.37. The lowest BCUT2D eigenvalue weighted by Crippen LogP contribution is -2.49. The second-order valence-electron chi connectivity index (χ2n) is 3.32. The Labute approximate surface area is 97.2 Å². The lowest BCUT2D eigenvalue weighted by molar-refractivity contribution is 0.105. The van der Waals surface area contributed by atoms with E-state index in [9.17, 15) is 4.79 Å². The third kappa shape index (κ3) is 2.38. The minimum Gasteiger partial charge on any atom is -0.450 e. The van der Waals surface area contributed by atoms with Crippen LogP contribution in [0.3, 0.4) is 0 Å². The summed E-state index contributed by atoms with van der Waals surface area (Å²) in [5.41, 5.74) is 0. The van der Waals surface area contributed by atoms with E-state index in [0.717, 1.165) is 18.2 Å². The van der Waals surface area contributed by atoms with Gasteiger partial charge in [-0.15, -0.1) is 0 Å². The highest BCUT2D eigenvalue weighted by Crippen LogP contribution is 2.15. The van der Waals surface area contributed by atoms with Crippen molar-refractivity contribution in [3.63, 3.8) is 0 Å². The Morgan fingerprint density at radius 1 is 1.44 bits per heavy atom. The Balaban J connectivity index is 1.85. The maximum atomic E-state index is 11.4. The van der Waals surface area contributed by atoms with Crippen LogP contribution in [0.4, 0.5) is 9.93 Å². The maximum Gasteiger partial charge on any atom is 0.409 e. The average molecular weight is 243 g/mol. The van der Waals surface area contributed by atoms with Crippen molar-refractivity contribution < 1.29 is 9.53 Å². The van der Waals surface area contributed by atoms with E-state index < -0.39 is 0 Å². The SMILES string of the molecule is CCOC(=O)N1CCN(c2nnns2)CC1. The molecule has 2 rings (SSSR count). The smallest absolute Gasteiger partial charge is 0.409 e. The summed E-state index contributed by atoms with van der Waals surface area (Å²) >= 11 is 1.27. The lowest BCUT2D eigenvalue weighted by Gasteiger charge is -2.33. The monoisotopic (exact) mass is 243 g/mol. The fraction of sp³-hybridized carbons (Fsp3) is 0.750. The van der Waals surface area contributed by atoms with Crippen molar-refractivity contribution in [3.8, 4) is 0 Å². The summed E-state index contributed by atoms with van der Waals surface area (Å²) in [7, 11) is 0. The molecule has 1 saturated heterocycles. The molecule has 0 N–H and O–H groups in total. The zero-order chi connectivity index (χ0) is 11.4. The van der Waals surface area contributed by atoms with E-state index in [1.54, 1.807) is 11.8 Å². The molecule has 0 unspecified atom stereocenters. The van der Waals surface area contributed by atoms with Gasteiger partial charge >= 0.3 is 6.09 Å². The first-order chi connectivity index (χ1) is 7.81. The van der Waals surface area contributed by atoms with E-state index in [1.165, 1.54) is 11.5 Å². The summed E-state index contributed by atoms with van der Waals surface area (Å²) in [4.78, 5) is 15.2. The Hall–Kier alpha value is -1.44. The van der Waals surface area contributed by atoms with Crippen LogP contribution in [-0.4, -0.2) is 58.6 Å². The van der Waals surface area contributed by atoms with Crippen LogP contribution in [-0.2, 0) is 4.74 Å². The summed E-state index contributed by atoms with van der Waals surface area (Å²) in [5.74, 6) is 0. The Morgan fingerprint density at radius 3 is 2.75 bits per heavy atom. The number of carbonyl (C=O) groups is 1. The predicted molar refractivity (Wildman–Crippen MR) is 58.5 cm³/mol. The molecule has 7 nitrogen and oxygen atoms in total. The van der Waals surface area contributed by atoms with Gasteiger partial charge in [0.05, 0.1) is 6.61 Å². The van der Waals surface area contributed by atoms with Crippen LogP contribution in [0.25, 0.3) is 0 Å². The van der Waals surface area contributed by atoms with Crippen LogP contribution < -0.4 is 4.90 Å². The van der Waals surface area contributed by atoms with Gasteiger partial charge in [0.25, 0.3) is 0 Å². The van der Waals surface area contributed by atoms with Crippen LogP contribution in [0.1, 0.15) is 6.92 Å². The van der Waals surface area contributed by atoms with Crippen LogP contribution in [0.5, 0.6) is 0 Å². The highest BCUT2D eigenvalue weighted by atomic mass is 32.1. The summed E-state index contributed by atoms with van der Waals surface area (Å²) < 4.78 is 8.65. The topological polar surface area (TPSA) is 71.5 Å². The molecule has 2 heterocycles. The Bertz CT molecular complexity index is 336. The first kappa shape index (κ1) is 11.1. The zero-order valence-corrected chi connectivity index (χ0v) is 9.81. The van der Waals surface area contributed by atoms with Gasteiger partial charge in [-0.05, 0) is 12.1 Å². The average Bonchev–Trinajstić information content (AvgIpc) is 2.83. The highest BCUT2D eigenvalue weighted by molar-refractivity contribution is 7.09. The van der Waals surface area contributed by atoms with Gasteiger partial charge < -0.3 is 14.5 Å². The number of hydrogen-bond acceptors (Lipinski definition) is 7.